The monoisotopic (exact) mass is 1070 g/mol. The van der Waals surface area contributed by atoms with Crippen molar-refractivity contribution < 1.29 is 56.3 Å². The van der Waals surface area contributed by atoms with Gasteiger partial charge in [-0.3, -0.25) is 53.4 Å². The van der Waals surface area contributed by atoms with Gasteiger partial charge in [0.1, 0.15) is 12.1 Å². The van der Waals surface area contributed by atoms with Crippen LogP contribution in [0.1, 0.15) is 130 Å². The molecule has 2 aliphatic heterocycles. The van der Waals surface area contributed by atoms with E-state index >= 15 is 0 Å². The van der Waals surface area contributed by atoms with Gasteiger partial charge < -0.3 is 37.2 Å². The predicted molar refractivity (Wildman–Crippen MR) is 283 cm³/mol. The fraction of sp³-hybridized carbons (Fsp3) is 0.327. The van der Waals surface area contributed by atoms with Crippen LogP contribution in [0.3, 0.4) is 0 Å². The number of halogens is 3. The number of anilines is 6. The van der Waals surface area contributed by atoms with Gasteiger partial charge in [0, 0.05) is 66.2 Å². The number of unbranched alkanes of at least 4 members (excludes halogenated alkanes) is 5. The first kappa shape index (κ1) is 56.7. The van der Waals surface area contributed by atoms with Crippen molar-refractivity contribution >= 4 is 87.5 Å². The van der Waals surface area contributed by atoms with Crippen LogP contribution in [-0.4, -0.2) is 93.2 Å². The summed E-state index contributed by atoms with van der Waals surface area (Å²) in [6.07, 6.45) is 3.54. The maximum absolute atomic E-state index is 13.5. The Morgan fingerprint density at radius 3 is 2.14 bits per heavy atom. The molecule has 1 saturated heterocycles. The Labute approximate surface area is 446 Å². The van der Waals surface area contributed by atoms with E-state index in [1.807, 2.05) is 0 Å². The number of imide groups is 2. The number of nitrogens with one attached hydrogen (secondary N) is 8. The van der Waals surface area contributed by atoms with Crippen molar-refractivity contribution in [2.24, 2.45) is 0 Å². The van der Waals surface area contributed by atoms with Gasteiger partial charge in [0.05, 0.1) is 34.8 Å². The van der Waals surface area contributed by atoms with Gasteiger partial charge in [0.15, 0.2) is 0 Å². The zero-order chi connectivity index (χ0) is 55.9. The summed E-state index contributed by atoms with van der Waals surface area (Å²) in [7, 11) is 0. The molecule has 7 rings (SSSR count). The first-order valence-corrected chi connectivity index (χ1v) is 25.4. The maximum Gasteiger partial charge on any atom is 0.416 e. The molecule has 1 aromatic heterocycles. The van der Waals surface area contributed by atoms with E-state index in [0.29, 0.717) is 35.7 Å². The Morgan fingerprint density at radius 1 is 0.731 bits per heavy atom. The number of carbonyl (C=O) groups excluding carboxylic acids is 9. The van der Waals surface area contributed by atoms with Crippen LogP contribution in [0.2, 0.25) is 0 Å². The van der Waals surface area contributed by atoms with Crippen molar-refractivity contribution in [3.63, 3.8) is 0 Å². The standard InChI is InChI=1S/C55H58F3N11O9/c1-3-44(70)67-42(21-23-45(71)60-26-9-7-5-4-6-8-25-59-41-18-12-17-39-47(41)53(78)69(52(39)77)43-22-24-46(72)68-51(43)76)50(75)64-35-15-11-16-36(28-35)66-54-61-30-38(31-62-54)65-49(74)40-29-37(20-19-32(40)2)63-48(73)33-13-10-14-34(27-33)55(56,57)58/h10-20,27-31,42-43,59H,3-9,21-26H2,1-2H3,(H,60,71)(H,63,73)(H,64,75)(H,65,74)(H,67,70)(H,61,62,66)(H,68,72,76). The van der Waals surface area contributed by atoms with Gasteiger partial charge in [0.25, 0.3) is 23.6 Å². The number of amides is 9. The van der Waals surface area contributed by atoms with Crippen LogP contribution in [0.25, 0.3) is 0 Å². The minimum absolute atomic E-state index is 0.0135. The molecule has 408 valence electrons. The molecule has 3 heterocycles. The first-order chi connectivity index (χ1) is 37.4. The fourth-order valence-corrected chi connectivity index (χ4v) is 8.67. The molecule has 0 radical (unpaired) electrons. The number of rotatable bonds is 24. The van der Waals surface area contributed by atoms with Gasteiger partial charge in [-0.15, -0.1) is 0 Å². The number of aromatic nitrogens is 2. The lowest BCUT2D eigenvalue weighted by Crippen LogP contribution is -2.54. The summed E-state index contributed by atoms with van der Waals surface area (Å²) in [6, 6.07) is 18.0. The highest BCUT2D eigenvalue weighted by molar-refractivity contribution is 6.25. The third-order valence-corrected chi connectivity index (χ3v) is 12.8. The number of piperidine rings is 1. The molecule has 2 aliphatic rings. The SMILES string of the molecule is CCC(=O)NC(CCC(=O)NCCCCCCCCNc1cccc2c1C(=O)N(C1CCC(=O)NC1=O)C2=O)C(=O)Nc1cccc(Nc2ncc(NC(=O)c3cc(NC(=O)c4cccc(C(F)(F)F)c4)ccc3C)cn2)c1. The second kappa shape index (κ2) is 26.2. The largest absolute Gasteiger partial charge is 0.416 e. The van der Waals surface area contributed by atoms with E-state index in [9.17, 15) is 56.3 Å². The van der Waals surface area contributed by atoms with Crippen LogP contribution in [0.4, 0.5) is 47.6 Å². The Hall–Kier alpha value is -9.02. The van der Waals surface area contributed by atoms with Gasteiger partial charge in [-0.1, -0.05) is 56.9 Å². The average Bonchev–Trinajstić information content (AvgIpc) is 3.67. The summed E-state index contributed by atoms with van der Waals surface area (Å²) in [5.41, 5.74) is 1.78. The summed E-state index contributed by atoms with van der Waals surface area (Å²) in [6.45, 7) is 4.32. The number of nitrogens with zero attached hydrogens (tertiary/aromatic N) is 3. The third-order valence-electron chi connectivity index (χ3n) is 12.8. The Kier molecular flexibility index (Phi) is 19.0. The molecular formula is C55H58F3N11O9. The molecule has 0 aliphatic carbocycles. The summed E-state index contributed by atoms with van der Waals surface area (Å²) in [4.78, 5) is 125. The van der Waals surface area contributed by atoms with Crippen LogP contribution in [0, 0.1) is 6.92 Å². The second-order valence-electron chi connectivity index (χ2n) is 18.6. The highest BCUT2D eigenvalue weighted by atomic mass is 19.4. The molecule has 1 fully saturated rings. The van der Waals surface area contributed by atoms with Gasteiger partial charge in [-0.2, -0.15) is 13.2 Å². The minimum Gasteiger partial charge on any atom is -0.384 e. The highest BCUT2D eigenvalue weighted by Crippen LogP contribution is 2.33. The van der Waals surface area contributed by atoms with E-state index < -0.39 is 65.2 Å². The summed E-state index contributed by atoms with van der Waals surface area (Å²) >= 11 is 0. The van der Waals surface area contributed by atoms with Gasteiger partial charge in [0.2, 0.25) is 35.5 Å². The van der Waals surface area contributed by atoms with Crippen LogP contribution >= 0.6 is 0 Å². The number of benzene rings is 4. The zero-order valence-corrected chi connectivity index (χ0v) is 42.7. The van der Waals surface area contributed by atoms with Crippen molar-refractivity contribution in [3.05, 3.63) is 131 Å². The van der Waals surface area contributed by atoms with E-state index in [2.05, 4.69) is 52.5 Å². The lowest BCUT2D eigenvalue weighted by atomic mass is 10.0. The highest BCUT2D eigenvalue weighted by Gasteiger charge is 2.45. The topological polar surface area (TPSA) is 279 Å². The Balaban J connectivity index is 0.799. The molecule has 23 heteroatoms. The van der Waals surface area contributed by atoms with E-state index in [4.69, 9.17) is 0 Å². The smallest absolute Gasteiger partial charge is 0.384 e. The molecule has 9 amide bonds. The quantitative estimate of drug-likeness (QED) is 0.0218. The van der Waals surface area contributed by atoms with Crippen molar-refractivity contribution in [2.75, 3.05) is 39.7 Å². The normalized spacial score (nSPS) is 14.4. The van der Waals surface area contributed by atoms with Gasteiger partial charge in [-0.05, 0) is 98.8 Å². The van der Waals surface area contributed by atoms with Crippen LogP contribution in [0.5, 0.6) is 0 Å². The molecule has 2 atom stereocenters. The lowest BCUT2D eigenvalue weighted by Gasteiger charge is -2.27. The molecular weight excluding hydrogens is 1020 g/mol. The van der Waals surface area contributed by atoms with E-state index in [1.54, 1.807) is 62.4 Å². The van der Waals surface area contributed by atoms with E-state index in [-0.39, 0.29) is 83.5 Å². The first-order valence-electron chi connectivity index (χ1n) is 25.4. The molecule has 8 N–H and O–H groups in total. The van der Waals surface area contributed by atoms with Gasteiger partial charge in [-0.25, -0.2) is 9.97 Å². The third kappa shape index (κ3) is 15.1. The average molecular weight is 1070 g/mol. The summed E-state index contributed by atoms with van der Waals surface area (Å²) < 4.78 is 39.6. The second-order valence-corrected chi connectivity index (χ2v) is 18.6. The van der Waals surface area contributed by atoms with Crippen molar-refractivity contribution in [2.45, 2.75) is 103 Å². The molecule has 0 bridgehead atoms. The lowest BCUT2D eigenvalue weighted by molar-refractivity contribution is -0.138. The van der Waals surface area contributed by atoms with Crippen LogP contribution in [-0.2, 0) is 30.1 Å². The molecule has 2 unspecified atom stereocenters. The fourth-order valence-electron chi connectivity index (χ4n) is 8.67. The molecule has 0 saturated carbocycles. The number of alkyl halides is 3. The molecule has 5 aromatic rings. The van der Waals surface area contributed by atoms with E-state index in [1.165, 1.54) is 30.6 Å². The summed E-state index contributed by atoms with van der Waals surface area (Å²) in [5, 5.41) is 22.1. The molecule has 20 nitrogen and oxygen atoms in total. The number of hydrogen-bond donors (Lipinski definition) is 8. The van der Waals surface area contributed by atoms with E-state index in [0.717, 1.165) is 61.6 Å². The Morgan fingerprint density at radius 2 is 1.41 bits per heavy atom. The van der Waals surface area contributed by atoms with Crippen molar-refractivity contribution in [1.82, 2.24) is 30.8 Å². The maximum atomic E-state index is 13.5. The van der Waals surface area contributed by atoms with Crippen LogP contribution < -0.4 is 42.5 Å². The summed E-state index contributed by atoms with van der Waals surface area (Å²) in [5.74, 6) is -4.58. The number of aryl methyl sites for hydroxylation is 1. The number of fused-ring (bicyclic) bond motifs is 1. The number of carbonyl (C=O) groups is 9. The molecule has 0 spiro atoms. The van der Waals surface area contributed by atoms with Crippen molar-refractivity contribution in [3.8, 4) is 0 Å². The predicted octanol–water partition coefficient (Wildman–Crippen LogP) is 7.64. The zero-order valence-electron chi connectivity index (χ0n) is 42.7. The van der Waals surface area contributed by atoms with Crippen LogP contribution in [0.15, 0.2) is 97.3 Å². The minimum atomic E-state index is -4.63. The number of hydrogen-bond acceptors (Lipinski definition) is 13. The van der Waals surface area contributed by atoms with Crippen molar-refractivity contribution in [1.29, 1.82) is 0 Å². The van der Waals surface area contributed by atoms with Gasteiger partial charge >= 0.3 is 6.18 Å². The molecule has 4 aromatic carbocycles. The molecule has 78 heavy (non-hydrogen) atoms. The Bertz CT molecular complexity index is 3100.